The predicted octanol–water partition coefficient (Wildman–Crippen LogP) is 1.85. The Hall–Kier alpha value is -3.67. The quantitative estimate of drug-likeness (QED) is 0.534. The number of imidazole rings is 1. The van der Waals surface area contributed by atoms with Gasteiger partial charge in [-0.3, -0.25) is 9.78 Å². The van der Waals surface area contributed by atoms with Crippen molar-refractivity contribution in [2.75, 3.05) is 0 Å². The molecule has 3 aromatic rings. The number of nitriles is 1. The second-order valence-electron chi connectivity index (χ2n) is 4.77. The first-order valence-electron chi connectivity index (χ1n) is 6.49. The first-order valence-corrected chi connectivity index (χ1v) is 6.49. The molecule has 0 aliphatic rings. The zero-order valence-corrected chi connectivity index (χ0v) is 11.8. The zero-order chi connectivity index (χ0) is 16.6. The number of aromatic nitrogens is 3. The van der Waals surface area contributed by atoms with Gasteiger partial charge in [0.1, 0.15) is 11.6 Å². The van der Waals surface area contributed by atoms with E-state index in [1.54, 1.807) is 24.3 Å². The van der Waals surface area contributed by atoms with Crippen LogP contribution in [0, 0.1) is 18.3 Å². The molecule has 0 fully saturated rings. The Kier molecular flexibility index (Phi) is 3.27. The highest BCUT2D eigenvalue weighted by Crippen LogP contribution is 2.25. The Labute approximate surface area is 128 Å². The van der Waals surface area contributed by atoms with Crippen molar-refractivity contribution in [3.8, 4) is 11.9 Å². The van der Waals surface area contributed by atoms with Crippen molar-refractivity contribution in [2.45, 2.75) is 6.92 Å². The van der Waals surface area contributed by atoms with Crippen molar-refractivity contribution in [3.63, 3.8) is 0 Å². The van der Waals surface area contributed by atoms with Crippen LogP contribution in [-0.4, -0.2) is 20.1 Å². The summed E-state index contributed by atoms with van der Waals surface area (Å²) >= 11 is 0. The Morgan fingerprint density at radius 3 is 2.61 bits per heavy atom. The fourth-order valence-electron chi connectivity index (χ4n) is 2.14. The van der Waals surface area contributed by atoms with Crippen LogP contribution in [0.5, 0.6) is 5.88 Å². The molecule has 0 aliphatic carbocycles. The molecule has 9 nitrogen and oxygen atoms in total. The number of H-pyrrole nitrogens is 3. The molecule has 114 valence electrons. The van der Waals surface area contributed by atoms with E-state index >= 15 is 0 Å². The molecule has 4 N–H and O–H groups in total. The average Bonchev–Trinajstić information content (AvgIpc) is 2.86. The van der Waals surface area contributed by atoms with E-state index in [1.165, 1.54) is 6.92 Å². The SMILES string of the molecule is Cc1c(C#N)c(O)[nH]c(=O)c1N=Nc1ccc2[nH]c(=O)[nH]c2c1. The number of rotatable bonds is 2. The van der Waals surface area contributed by atoms with Gasteiger partial charge in [0.15, 0.2) is 5.69 Å². The van der Waals surface area contributed by atoms with Crippen molar-refractivity contribution in [1.29, 1.82) is 5.26 Å². The number of aromatic hydroxyl groups is 1. The van der Waals surface area contributed by atoms with Gasteiger partial charge in [-0.15, -0.1) is 5.11 Å². The van der Waals surface area contributed by atoms with Gasteiger partial charge in [0.05, 0.1) is 16.7 Å². The minimum absolute atomic E-state index is 0.0658. The molecule has 0 amide bonds. The first-order chi connectivity index (χ1) is 11.0. The van der Waals surface area contributed by atoms with Gasteiger partial charge < -0.3 is 15.1 Å². The molecule has 0 unspecified atom stereocenters. The smallest absolute Gasteiger partial charge is 0.323 e. The number of pyridine rings is 1. The number of benzene rings is 1. The molecule has 0 aliphatic heterocycles. The number of aromatic amines is 3. The van der Waals surface area contributed by atoms with E-state index in [-0.39, 0.29) is 22.5 Å². The molecule has 0 radical (unpaired) electrons. The third kappa shape index (κ3) is 2.49. The van der Waals surface area contributed by atoms with Crippen LogP contribution in [0.25, 0.3) is 11.0 Å². The lowest BCUT2D eigenvalue weighted by Gasteiger charge is -2.02. The first kappa shape index (κ1) is 14.3. The maximum Gasteiger partial charge on any atom is 0.323 e. The Morgan fingerprint density at radius 1 is 1.13 bits per heavy atom. The summed E-state index contributed by atoms with van der Waals surface area (Å²) in [5, 5.41) is 26.3. The van der Waals surface area contributed by atoms with Gasteiger partial charge >= 0.3 is 5.69 Å². The minimum atomic E-state index is -0.654. The third-order valence-corrected chi connectivity index (χ3v) is 3.29. The maximum absolute atomic E-state index is 11.8. The van der Waals surface area contributed by atoms with Crippen molar-refractivity contribution >= 4 is 22.4 Å². The number of fused-ring (bicyclic) bond motifs is 1. The molecule has 0 saturated carbocycles. The highest BCUT2D eigenvalue weighted by atomic mass is 16.3. The van der Waals surface area contributed by atoms with Gasteiger partial charge in [0.2, 0.25) is 5.88 Å². The second-order valence-corrected chi connectivity index (χ2v) is 4.77. The second kappa shape index (κ2) is 5.27. The van der Waals surface area contributed by atoms with E-state index in [1.807, 2.05) is 0 Å². The maximum atomic E-state index is 11.8. The van der Waals surface area contributed by atoms with Crippen LogP contribution in [-0.2, 0) is 0 Å². The van der Waals surface area contributed by atoms with Gasteiger partial charge in [0, 0.05) is 5.56 Å². The highest BCUT2D eigenvalue weighted by molar-refractivity contribution is 5.77. The standard InChI is InChI=1S/C14H10N6O3/c1-6-8(5-15)12(21)18-13(22)11(6)20-19-7-2-3-9-10(4-7)17-14(23)16-9/h2-4H,1H3,(H2,16,17,23)(H2,18,21,22). The summed E-state index contributed by atoms with van der Waals surface area (Å²) in [5.41, 5.74) is 0.704. The van der Waals surface area contributed by atoms with E-state index in [9.17, 15) is 14.7 Å². The van der Waals surface area contributed by atoms with Crippen molar-refractivity contribution in [1.82, 2.24) is 15.0 Å². The molecule has 0 atom stereocenters. The molecular formula is C14H10N6O3. The summed E-state index contributed by atoms with van der Waals surface area (Å²) in [6.07, 6.45) is 0. The van der Waals surface area contributed by atoms with Crippen molar-refractivity contribution in [3.05, 3.63) is 50.2 Å². The van der Waals surface area contributed by atoms with Gasteiger partial charge in [-0.05, 0) is 25.1 Å². The number of hydrogen-bond donors (Lipinski definition) is 4. The van der Waals surface area contributed by atoms with Crippen LogP contribution in [0.2, 0.25) is 0 Å². The topological polar surface area (TPSA) is 150 Å². The van der Waals surface area contributed by atoms with Crippen molar-refractivity contribution in [2.24, 2.45) is 10.2 Å². The van der Waals surface area contributed by atoms with Gasteiger partial charge in [-0.25, -0.2) is 4.79 Å². The lowest BCUT2D eigenvalue weighted by atomic mass is 10.1. The molecule has 0 spiro atoms. The molecule has 0 bridgehead atoms. The molecule has 23 heavy (non-hydrogen) atoms. The summed E-state index contributed by atoms with van der Waals surface area (Å²) in [5.74, 6) is -0.500. The molecule has 2 heterocycles. The lowest BCUT2D eigenvalue weighted by molar-refractivity contribution is 0.449. The van der Waals surface area contributed by atoms with Crippen LogP contribution >= 0.6 is 0 Å². The molecule has 1 aromatic carbocycles. The Morgan fingerprint density at radius 2 is 1.87 bits per heavy atom. The van der Waals surface area contributed by atoms with E-state index in [2.05, 4.69) is 25.2 Å². The van der Waals surface area contributed by atoms with Crippen LogP contribution < -0.4 is 11.2 Å². The van der Waals surface area contributed by atoms with E-state index in [0.29, 0.717) is 16.7 Å². The number of nitrogens with zero attached hydrogens (tertiary/aromatic N) is 3. The minimum Gasteiger partial charge on any atom is -0.494 e. The average molecular weight is 310 g/mol. The number of hydrogen-bond acceptors (Lipinski definition) is 6. The number of nitrogens with one attached hydrogen (secondary N) is 3. The fraction of sp³-hybridized carbons (Fsp3) is 0.0714. The van der Waals surface area contributed by atoms with Gasteiger partial charge in [-0.2, -0.15) is 10.4 Å². The predicted molar refractivity (Wildman–Crippen MR) is 81.3 cm³/mol. The van der Waals surface area contributed by atoms with Crippen LogP contribution in [0.15, 0.2) is 38.0 Å². The van der Waals surface area contributed by atoms with Crippen LogP contribution in [0.1, 0.15) is 11.1 Å². The zero-order valence-electron chi connectivity index (χ0n) is 11.8. The van der Waals surface area contributed by atoms with Crippen molar-refractivity contribution < 1.29 is 5.11 Å². The summed E-state index contributed by atoms with van der Waals surface area (Å²) < 4.78 is 0. The summed E-state index contributed by atoms with van der Waals surface area (Å²) in [7, 11) is 0. The molecule has 0 saturated heterocycles. The number of azo groups is 1. The lowest BCUT2D eigenvalue weighted by Crippen LogP contribution is -2.08. The molecular weight excluding hydrogens is 300 g/mol. The van der Waals surface area contributed by atoms with E-state index < -0.39 is 11.4 Å². The van der Waals surface area contributed by atoms with Gasteiger partial charge in [0.25, 0.3) is 5.56 Å². The summed E-state index contributed by atoms with van der Waals surface area (Å²) in [6, 6.07) is 6.64. The van der Waals surface area contributed by atoms with E-state index in [0.717, 1.165) is 0 Å². The largest absolute Gasteiger partial charge is 0.494 e. The molecule has 2 aromatic heterocycles. The fourth-order valence-corrected chi connectivity index (χ4v) is 2.14. The summed E-state index contributed by atoms with van der Waals surface area (Å²) in [4.78, 5) is 30.4. The Balaban J connectivity index is 2.07. The summed E-state index contributed by atoms with van der Waals surface area (Å²) in [6.45, 7) is 1.49. The molecule has 3 rings (SSSR count). The van der Waals surface area contributed by atoms with Gasteiger partial charge in [-0.1, -0.05) is 0 Å². The normalized spacial score (nSPS) is 11.1. The van der Waals surface area contributed by atoms with Crippen LogP contribution in [0.4, 0.5) is 11.4 Å². The van der Waals surface area contributed by atoms with Crippen LogP contribution in [0.3, 0.4) is 0 Å². The third-order valence-electron chi connectivity index (χ3n) is 3.29. The Bertz CT molecular complexity index is 1100. The van der Waals surface area contributed by atoms with E-state index in [4.69, 9.17) is 5.26 Å². The molecule has 9 heteroatoms. The highest BCUT2D eigenvalue weighted by Gasteiger charge is 2.13. The monoisotopic (exact) mass is 310 g/mol.